The number of aryl methyl sites for hydroxylation is 2. The monoisotopic (exact) mass is 479 g/mol. The lowest BCUT2D eigenvalue weighted by Crippen LogP contribution is -2.08. The first-order valence-electron chi connectivity index (χ1n) is 10.1. The van der Waals surface area contributed by atoms with Gasteiger partial charge in [0.1, 0.15) is 6.61 Å². The second kappa shape index (κ2) is 10.8. The molecule has 0 bridgehead atoms. The van der Waals surface area contributed by atoms with Crippen LogP contribution in [-0.2, 0) is 17.8 Å². The zero-order valence-electron chi connectivity index (χ0n) is 17.9. The number of carbonyl (C=O) groups is 1. The highest BCUT2D eigenvalue weighted by atomic mass is 79.9. The third-order valence-corrected chi connectivity index (χ3v) is 5.61. The van der Waals surface area contributed by atoms with E-state index >= 15 is 0 Å². The van der Waals surface area contributed by atoms with Crippen LogP contribution < -0.4 is 14.8 Å². The zero-order valence-corrected chi connectivity index (χ0v) is 19.5. The quantitative estimate of drug-likeness (QED) is 0.372. The first-order chi connectivity index (χ1) is 15.0. The van der Waals surface area contributed by atoms with Gasteiger partial charge in [-0.3, -0.25) is 4.79 Å². The van der Waals surface area contributed by atoms with Gasteiger partial charge in [0, 0.05) is 10.5 Å². The Balaban J connectivity index is 1.65. The van der Waals surface area contributed by atoms with E-state index in [1.54, 1.807) is 13.2 Å². The molecule has 3 aromatic rings. The van der Waals surface area contributed by atoms with Crippen molar-refractivity contribution in [2.24, 2.45) is 0 Å². The lowest BCUT2D eigenvalue weighted by atomic mass is 10.1. The van der Waals surface area contributed by atoms with Crippen molar-refractivity contribution in [1.82, 2.24) is 0 Å². The fourth-order valence-corrected chi connectivity index (χ4v) is 3.59. The SMILES string of the molecule is CCc1ccc(NC(=O)/C=C/c2ccc(OCc3ccccc3C)c(OC)c2)c(Br)c1. The molecule has 0 aliphatic rings. The van der Waals surface area contributed by atoms with Gasteiger partial charge in [-0.1, -0.05) is 43.3 Å². The molecule has 0 saturated heterocycles. The van der Waals surface area contributed by atoms with Crippen molar-refractivity contribution in [3.8, 4) is 11.5 Å². The van der Waals surface area contributed by atoms with Gasteiger partial charge in [-0.15, -0.1) is 0 Å². The van der Waals surface area contributed by atoms with Crippen LogP contribution >= 0.6 is 15.9 Å². The molecule has 0 aliphatic heterocycles. The van der Waals surface area contributed by atoms with Gasteiger partial charge in [0.15, 0.2) is 11.5 Å². The van der Waals surface area contributed by atoms with Crippen molar-refractivity contribution in [3.63, 3.8) is 0 Å². The van der Waals surface area contributed by atoms with E-state index in [9.17, 15) is 4.79 Å². The van der Waals surface area contributed by atoms with Crippen LogP contribution in [0.2, 0.25) is 0 Å². The number of carbonyl (C=O) groups excluding carboxylic acids is 1. The molecule has 1 N–H and O–H groups in total. The van der Waals surface area contributed by atoms with Crippen LogP contribution in [0, 0.1) is 6.92 Å². The zero-order chi connectivity index (χ0) is 22.2. The molecule has 4 nitrogen and oxygen atoms in total. The molecular weight excluding hydrogens is 454 g/mol. The number of rotatable bonds is 8. The van der Waals surface area contributed by atoms with Gasteiger partial charge in [0.25, 0.3) is 0 Å². The summed E-state index contributed by atoms with van der Waals surface area (Å²) in [5.74, 6) is 1.07. The Labute approximate surface area is 192 Å². The lowest BCUT2D eigenvalue weighted by molar-refractivity contribution is -0.111. The number of anilines is 1. The second-order valence-corrected chi connectivity index (χ2v) is 7.97. The second-order valence-electron chi connectivity index (χ2n) is 7.12. The van der Waals surface area contributed by atoms with Crippen molar-refractivity contribution in [3.05, 3.63) is 93.5 Å². The molecule has 0 aliphatic carbocycles. The van der Waals surface area contributed by atoms with Crippen LogP contribution in [0.5, 0.6) is 11.5 Å². The first kappa shape index (κ1) is 22.6. The molecule has 0 radical (unpaired) electrons. The number of nitrogens with one attached hydrogen (secondary N) is 1. The lowest BCUT2D eigenvalue weighted by Gasteiger charge is -2.12. The Bertz CT molecular complexity index is 1090. The van der Waals surface area contributed by atoms with E-state index in [0.717, 1.165) is 27.7 Å². The maximum atomic E-state index is 12.3. The minimum atomic E-state index is -0.205. The molecule has 0 atom stereocenters. The minimum Gasteiger partial charge on any atom is -0.493 e. The molecule has 31 heavy (non-hydrogen) atoms. The van der Waals surface area contributed by atoms with Crippen LogP contribution in [0.25, 0.3) is 6.08 Å². The average molecular weight is 480 g/mol. The van der Waals surface area contributed by atoms with E-state index in [-0.39, 0.29) is 5.91 Å². The van der Waals surface area contributed by atoms with Gasteiger partial charge in [-0.2, -0.15) is 0 Å². The Morgan fingerprint density at radius 1 is 1.06 bits per heavy atom. The molecular formula is C26H26BrNO3. The molecule has 3 aromatic carbocycles. The summed E-state index contributed by atoms with van der Waals surface area (Å²) in [4.78, 5) is 12.3. The van der Waals surface area contributed by atoms with E-state index in [1.165, 1.54) is 17.2 Å². The minimum absolute atomic E-state index is 0.205. The summed E-state index contributed by atoms with van der Waals surface area (Å²) in [6.07, 6.45) is 4.19. The van der Waals surface area contributed by atoms with Crippen LogP contribution in [0.4, 0.5) is 5.69 Å². The molecule has 0 heterocycles. The highest BCUT2D eigenvalue weighted by Gasteiger charge is 2.07. The Kier molecular flexibility index (Phi) is 7.90. The Morgan fingerprint density at radius 3 is 2.58 bits per heavy atom. The first-order valence-corrected chi connectivity index (χ1v) is 10.9. The van der Waals surface area contributed by atoms with Gasteiger partial charge < -0.3 is 14.8 Å². The number of amides is 1. The van der Waals surface area contributed by atoms with Crippen molar-refractivity contribution in [2.45, 2.75) is 26.9 Å². The summed E-state index contributed by atoms with van der Waals surface area (Å²) in [6.45, 7) is 4.62. The average Bonchev–Trinajstić information content (AvgIpc) is 2.78. The highest BCUT2D eigenvalue weighted by molar-refractivity contribution is 9.10. The molecule has 0 spiro atoms. The molecule has 1 amide bonds. The number of hydrogen-bond donors (Lipinski definition) is 1. The maximum absolute atomic E-state index is 12.3. The smallest absolute Gasteiger partial charge is 0.248 e. The van der Waals surface area contributed by atoms with Crippen LogP contribution in [0.3, 0.4) is 0 Å². The van der Waals surface area contributed by atoms with Crippen LogP contribution in [-0.4, -0.2) is 13.0 Å². The van der Waals surface area contributed by atoms with Gasteiger partial charge in [0.2, 0.25) is 5.91 Å². The van der Waals surface area contributed by atoms with Gasteiger partial charge in [0.05, 0.1) is 12.8 Å². The molecule has 0 saturated carbocycles. The molecule has 0 unspecified atom stereocenters. The van der Waals surface area contributed by atoms with Crippen molar-refractivity contribution in [1.29, 1.82) is 0 Å². The van der Waals surface area contributed by atoms with Crippen molar-refractivity contribution >= 4 is 33.6 Å². The number of halogens is 1. The van der Waals surface area contributed by atoms with Crippen molar-refractivity contribution < 1.29 is 14.3 Å². The molecule has 0 fully saturated rings. The van der Waals surface area contributed by atoms with E-state index in [1.807, 2.05) is 54.6 Å². The van der Waals surface area contributed by atoms with Crippen LogP contribution in [0.1, 0.15) is 29.2 Å². The molecule has 0 aromatic heterocycles. The van der Waals surface area contributed by atoms with Gasteiger partial charge in [-0.25, -0.2) is 0 Å². The summed E-state index contributed by atoms with van der Waals surface area (Å²) in [7, 11) is 1.60. The fraction of sp³-hybridized carbons (Fsp3) is 0.192. The van der Waals surface area contributed by atoms with E-state index in [0.29, 0.717) is 18.1 Å². The highest BCUT2D eigenvalue weighted by Crippen LogP contribution is 2.30. The third-order valence-electron chi connectivity index (χ3n) is 4.96. The number of benzene rings is 3. The largest absolute Gasteiger partial charge is 0.493 e. The maximum Gasteiger partial charge on any atom is 0.248 e. The van der Waals surface area contributed by atoms with E-state index in [4.69, 9.17) is 9.47 Å². The number of ether oxygens (including phenoxy) is 2. The van der Waals surface area contributed by atoms with E-state index < -0.39 is 0 Å². The van der Waals surface area contributed by atoms with Crippen molar-refractivity contribution in [2.75, 3.05) is 12.4 Å². The summed E-state index contributed by atoms with van der Waals surface area (Å²) in [5.41, 5.74) is 5.10. The summed E-state index contributed by atoms with van der Waals surface area (Å²) in [6, 6.07) is 19.6. The van der Waals surface area contributed by atoms with Gasteiger partial charge >= 0.3 is 0 Å². The van der Waals surface area contributed by atoms with Crippen LogP contribution in [0.15, 0.2) is 71.2 Å². The predicted octanol–water partition coefficient (Wildman–Crippen LogP) is 6.56. The summed E-state index contributed by atoms with van der Waals surface area (Å²) >= 11 is 3.51. The third kappa shape index (κ3) is 6.22. The fourth-order valence-electron chi connectivity index (χ4n) is 3.06. The predicted molar refractivity (Wildman–Crippen MR) is 130 cm³/mol. The molecule has 5 heteroatoms. The Morgan fingerprint density at radius 2 is 1.87 bits per heavy atom. The summed E-state index contributed by atoms with van der Waals surface area (Å²) in [5, 5.41) is 2.89. The van der Waals surface area contributed by atoms with Gasteiger partial charge in [-0.05, 0) is 81.9 Å². The number of methoxy groups -OCH3 is 1. The standard InChI is InChI=1S/C26H26BrNO3/c1-4-19-9-12-23(22(27)15-19)28-26(29)14-11-20-10-13-24(25(16-20)30-3)31-17-21-8-6-5-7-18(21)2/h5-16H,4,17H2,1-3H3,(H,28,29)/b14-11+. The molecule has 3 rings (SSSR count). The molecule has 160 valence electrons. The summed E-state index contributed by atoms with van der Waals surface area (Å²) < 4.78 is 12.3. The topological polar surface area (TPSA) is 47.6 Å². The number of hydrogen-bond acceptors (Lipinski definition) is 3. The Hall–Kier alpha value is -3.05. The van der Waals surface area contributed by atoms with E-state index in [2.05, 4.69) is 41.2 Å². The normalized spacial score (nSPS) is 10.8.